The van der Waals surface area contributed by atoms with Gasteiger partial charge < -0.3 is 5.11 Å². The van der Waals surface area contributed by atoms with Crippen molar-refractivity contribution in [2.24, 2.45) is 0 Å². The standard InChI is InChI=1S/C11H15F2NO3S2/c12-9-6-10(13)8-11(7-9)19(16,17)14-2-5-18-4-1-3-15/h6-8,14-15H,1-5H2. The summed E-state index contributed by atoms with van der Waals surface area (Å²) in [5.74, 6) is -0.612. The number of hydrogen-bond acceptors (Lipinski definition) is 4. The van der Waals surface area contributed by atoms with Crippen molar-refractivity contribution >= 4 is 21.8 Å². The summed E-state index contributed by atoms with van der Waals surface area (Å²) in [5.41, 5.74) is 0. The normalized spacial score (nSPS) is 11.7. The van der Waals surface area contributed by atoms with Gasteiger partial charge in [0.2, 0.25) is 10.0 Å². The maximum Gasteiger partial charge on any atom is 0.240 e. The third kappa shape index (κ3) is 5.85. The number of nitrogens with one attached hydrogen (secondary N) is 1. The van der Waals surface area contributed by atoms with Crippen LogP contribution in [0.3, 0.4) is 0 Å². The Morgan fingerprint density at radius 1 is 1.16 bits per heavy atom. The number of halogens is 2. The third-order valence-corrected chi connectivity index (χ3v) is 4.64. The van der Waals surface area contributed by atoms with E-state index in [-0.39, 0.29) is 13.2 Å². The van der Waals surface area contributed by atoms with Gasteiger partial charge in [-0.2, -0.15) is 11.8 Å². The molecule has 8 heteroatoms. The molecule has 0 saturated heterocycles. The lowest BCUT2D eigenvalue weighted by Crippen LogP contribution is -2.26. The molecule has 0 unspecified atom stereocenters. The summed E-state index contributed by atoms with van der Waals surface area (Å²) >= 11 is 1.48. The van der Waals surface area contributed by atoms with Gasteiger partial charge in [0, 0.05) is 25.0 Å². The van der Waals surface area contributed by atoms with Gasteiger partial charge in [0.05, 0.1) is 4.90 Å². The topological polar surface area (TPSA) is 66.4 Å². The summed E-state index contributed by atoms with van der Waals surface area (Å²) in [5, 5.41) is 8.56. The number of sulfonamides is 1. The molecule has 0 bridgehead atoms. The van der Waals surface area contributed by atoms with Gasteiger partial charge in [0.15, 0.2) is 0 Å². The fourth-order valence-electron chi connectivity index (χ4n) is 1.28. The highest BCUT2D eigenvalue weighted by atomic mass is 32.2. The van der Waals surface area contributed by atoms with Gasteiger partial charge in [-0.3, -0.25) is 0 Å². The predicted octanol–water partition coefficient (Wildman–Crippen LogP) is 1.36. The molecule has 108 valence electrons. The summed E-state index contributed by atoms with van der Waals surface area (Å²) in [6, 6.07) is 2.15. The van der Waals surface area contributed by atoms with Crippen LogP contribution >= 0.6 is 11.8 Å². The fourth-order valence-corrected chi connectivity index (χ4v) is 3.27. The molecule has 19 heavy (non-hydrogen) atoms. The van der Waals surface area contributed by atoms with Crippen LogP contribution in [0.2, 0.25) is 0 Å². The van der Waals surface area contributed by atoms with Gasteiger partial charge in [-0.25, -0.2) is 21.9 Å². The Morgan fingerprint density at radius 3 is 2.37 bits per heavy atom. The van der Waals surface area contributed by atoms with E-state index in [1.165, 1.54) is 11.8 Å². The maximum atomic E-state index is 12.9. The predicted molar refractivity (Wildman–Crippen MR) is 70.6 cm³/mol. The van der Waals surface area contributed by atoms with Crippen LogP contribution in [0.4, 0.5) is 8.78 Å². The van der Waals surface area contributed by atoms with Crippen LogP contribution in [0.5, 0.6) is 0 Å². The van der Waals surface area contributed by atoms with E-state index in [4.69, 9.17) is 5.11 Å². The van der Waals surface area contributed by atoms with Crippen LogP contribution in [0, 0.1) is 11.6 Å². The van der Waals surface area contributed by atoms with Crippen molar-refractivity contribution < 1.29 is 22.3 Å². The average Bonchev–Trinajstić information content (AvgIpc) is 2.32. The van der Waals surface area contributed by atoms with Gasteiger partial charge in [-0.1, -0.05) is 0 Å². The lowest BCUT2D eigenvalue weighted by atomic mass is 10.3. The smallest absolute Gasteiger partial charge is 0.240 e. The lowest BCUT2D eigenvalue weighted by Gasteiger charge is -2.07. The highest BCUT2D eigenvalue weighted by Gasteiger charge is 2.15. The molecule has 0 radical (unpaired) electrons. The molecule has 0 spiro atoms. The van der Waals surface area contributed by atoms with Crippen molar-refractivity contribution in [1.82, 2.24) is 4.72 Å². The maximum absolute atomic E-state index is 12.9. The first-order valence-corrected chi connectivity index (χ1v) is 8.24. The molecule has 0 saturated carbocycles. The molecule has 0 fully saturated rings. The fraction of sp³-hybridized carbons (Fsp3) is 0.455. The van der Waals surface area contributed by atoms with E-state index < -0.39 is 26.6 Å². The molecule has 0 aliphatic carbocycles. The van der Waals surface area contributed by atoms with Crippen LogP contribution in [0.1, 0.15) is 6.42 Å². The lowest BCUT2D eigenvalue weighted by molar-refractivity contribution is 0.296. The summed E-state index contributed by atoms with van der Waals surface area (Å²) in [6.07, 6.45) is 0.645. The zero-order chi connectivity index (χ0) is 14.3. The molecule has 0 atom stereocenters. The van der Waals surface area contributed by atoms with E-state index in [2.05, 4.69) is 4.72 Å². The van der Waals surface area contributed by atoms with E-state index in [0.717, 1.165) is 17.9 Å². The molecule has 1 aromatic carbocycles. The number of rotatable bonds is 8. The number of hydrogen-bond donors (Lipinski definition) is 2. The third-order valence-electron chi connectivity index (χ3n) is 2.13. The summed E-state index contributed by atoms with van der Waals surface area (Å²) < 4.78 is 51.6. The Morgan fingerprint density at radius 2 is 1.79 bits per heavy atom. The first-order valence-electron chi connectivity index (χ1n) is 5.60. The second-order valence-electron chi connectivity index (χ2n) is 3.69. The van der Waals surface area contributed by atoms with Crippen LogP contribution in [-0.4, -0.2) is 38.2 Å². The van der Waals surface area contributed by atoms with Crippen molar-refractivity contribution in [1.29, 1.82) is 0 Å². The van der Waals surface area contributed by atoms with E-state index in [0.29, 0.717) is 18.2 Å². The minimum absolute atomic E-state index is 0.0985. The number of aliphatic hydroxyl groups excluding tert-OH is 1. The van der Waals surface area contributed by atoms with E-state index >= 15 is 0 Å². The van der Waals surface area contributed by atoms with Crippen LogP contribution in [0.15, 0.2) is 23.1 Å². The van der Waals surface area contributed by atoms with E-state index in [1.807, 2.05) is 0 Å². The Kier molecular flexibility index (Phi) is 6.70. The SMILES string of the molecule is O=S(=O)(NCCSCCCO)c1cc(F)cc(F)c1. The Labute approximate surface area is 115 Å². The highest BCUT2D eigenvalue weighted by molar-refractivity contribution is 7.99. The molecule has 0 aliphatic heterocycles. The molecule has 1 rings (SSSR count). The number of aliphatic hydroxyl groups is 1. The van der Waals surface area contributed by atoms with E-state index in [9.17, 15) is 17.2 Å². The second kappa shape index (κ2) is 7.78. The molecular weight excluding hydrogens is 296 g/mol. The zero-order valence-electron chi connectivity index (χ0n) is 10.1. The largest absolute Gasteiger partial charge is 0.396 e. The molecule has 0 amide bonds. The minimum Gasteiger partial charge on any atom is -0.396 e. The van der Waals surface area contributed by atoms with Crippen molar-refractivity contribution in [2.45, 2.75) is 11.3 Å². The number of thioether (sulfide) groups is 1. The monoisotopic (exact) mass is 311 g/mol. The van der Waals surface area contributed by atoms with Crippen molar-refractivity contribution in [3.05, 3.63) is 29.8 Å². The molecule has 0 aromatic heterocycles. The Balaban J connectivity index is 2.51. The van der Waals surface area contributed by atoms with E-state index in [1.54, 1.807) is 0 Å². The molecule has 0 heterocycles. The van der Waals surface area contributed by atoms with Gasteiger partial charge in [-0.05, 0) is 24.3 Å². The van der Waals surface area contributed by atoms with Crippen molar-refractivity contribution in [3.8, 4) is 0 Å². The molecule has 1 aromatic rings. The first-order chi connectivity index (χ1) is 8.95. The average molecular weight is 311 g/mol. The Bertz CT molecular complexity index is 488. The summed E-state index contributed by atoms with van der Waals surface area (Å²) in [4.78, 5) is -0.426. The van der Waals surface area contributed by atoms with Crippen LogP contribution < -0.4 is 4.72 Å². The minimum atomic E-state index is -3.89. The highest BCUT2D eigenvalue weighted by Crippen LogP contribution is 2.13. The molecule has 0 aliphatic rings. The Hall–Kier alpha value is -0.700. The zero-order valence-corrected chi connectivity index (χ0v) is 11.7. The quantitative estimate of drug-likeness (QED) is 0.712. The molecular formula is C11H15F2NO3S2. The molecule has 4 nitrogen and oxygen atoms in total. The van der Waals surface area contributed by atoms with Gasteiger partial charge in [-0.15, -0.1) is 0 Å². The van der Waals surface area contributed by atoms with Crippen LogP contribution in [-0.2, 0) is 10.0 Å². The van der Waals surface area contributed by atoms with Gasteiger partial charge in [0.1, 0.15) is 11.6 Å². The summed E-state index contributed by atoms with van der Waals surface area (Å²) in [7, 11) is -3.89. The van der Waals surface area contributed by atoms with Gasteiger partial charge >= 0.3 is 0 Å². The first kappa shape index (κ1) is 16.4. The molecule has 2 N–H and O–H groups in total. The summed E-state index contributed by atoms with van der Waals surface area (Å²) in [6.45, 7) is 0.262. The van der Waals surface area contributed by atoms with Crippen molar-refractivity contribution in [2.75, 3.05) is 24.7 Å². The van der Waals surface area contributed by atoms with Crippen LogP contribution in [0.25, 0.3) is 0 Å². The second-order valence-corrected chi connectivity index (χ2v) is 6.68. The van der Waals surface area contributed by atoms with Crippen molar-refractivity contribution in [3.63, 3.8) is 0 Å². The number of benzene rings is 1. The van der Waals surface area contributed by atoms with Gasteiger partial charge in [0.25, 0.3) is 0 Å².